The van der Waals surface area contributed by atoms with Gasteiger partial charge in [0.25, 0.3) is 0 Å². The Balaban J connectivity index is 3.05. The molecule has 1 aromatic carbocycles. The van der Waals surface area contributed by atoms with Crippen LogP contribution in [-0.2, 0) is 0 Å². The maximum absolute atomic E-state index is 13.2. The van der Waals surface area contributed by atoms with E-state index >= 15 is 0 Å². The molecule has 0 N–H and O–H groups in total. The van der Waals surface area contributed by atoms with Crippen molar-refractivity contribution in [2.45, 2.75) is 13.3 Å². The number of halogens is 3. The van der Waals surface area contributed by atoms with Gasteiger partial charge in [-0.15, -0.1) is 11.6 Å². The molecule has 0 atom stereocenters. The average molecular weight is 217 g/mol. The van der Waals surface area contributed by atoms with Crippen molar-refractivity contribution < 1.29 is 8.78 Å². The van der Waals surface area contributed by atoms with E-state index in [0.717, 1.165) is 0 Å². The van der Waals surface area contributed by atoms with Gasteiger partial charge in [0.05, 0.1) is 0 Å². The van der Waals surface area contributed by atoms with Crippen LogP contribution in [-0.4, -0.2) is 5.88 Å². The van der Waals surface area contributed by atoms with Crippen LogP contribution in [0.1, 0.15) is 18.9 Å². The zero-order chi connectivity index (χ0) is 10.6. The van der Waals surface area contributed by atoms with E-state index in [4.69, 9.17) is 11.6 Å². The Bertz CT molecular complexity index is 325. The van der Waals surface area contributed by atoms with E-state index in [2.05, 4.69) is 0 Å². The first kappa shape index (κ1) is 11.2. The smallest absolute Gasteiger partial charge is 0.133 e. The number of hydrogen-bond donors (Lipinski definition) is 0. The molecule has 0 bridgehead atoms. The third-order valence-electron chi connectivity index (χ3n) is 1.92. The summed E-state index contributed by atoms with van der Waals surface area (Å²) in [6.45, 7) is 1.67. The highest BCUT2D eigenvalue weighted by Crippen LogP contribution is 2.21. The Morgan fingerprint density at radius 1 is 1.36 bits per heavy atom. The number of alkyl halides is 1. The van der Waals surface area contributed by atoms with Gasteiger partial charge in [-0.2, -0.15) is 0 Å². The fraction of sp³-hybridized carbons (Fsp3) is 0.273. The largest absolute Gasteiger partial charge is 0.206 e. The summed E-state index contributed by atoms with van der Waals surface area (Å²) in [7, 11) is 0. The lowest BCUT2D eigenvalue weighted by Gasteiger charge is -2.04. The van der Waals surface area contributed by atoms with E-state index in [1.807, 2.05) is 0 Å². The SMILES string of the molecule is CC(=CCCCl)c1c(F)cccc1F. The predicted molar refractivity (Wildman–Crippen MR) is 55.3 cm³/mol. The van der Waals surface area contributed by atoms with Crippen molar-refractivity contribution in [1.29, 1.82) is 0 Å². The predicted octanol–water partition coefficient (Wildman–Crippen LogP) is 4.00. The van der Waals surface area contributed by atoms with Gasteiger partial charge >= 0.3 is 0 Å². The second-order valence-electron chi connectivity index (χ2n) is 2.96. The molecule has 0 saturated heterocycles. The van der Waals surface area contributed by atoms with Gasteiger partial charge in [0.1, 0.15) is 11.6 Å². The topological polar surface area (TPSA) is 0 Å². The van der Waals surface area contributed by atoms with E-state index in [-0.39, 0.29) is 5.56 Å². The average Bonchev–Trinajstić information content (AvgIpc) is 2.14. The maximum atomic E-state index is 13.2. The molecule has 0 radical (unpaired) electrons. The first-order valence-corrected chi connectivity index (χ1v) is 4.87. The molecule has 14 heavy (non-hydrogen) atoms. The second kappa shape index (κ2) is 5.11. The highest BCUT2D eigenvalue weighted by Gasteiger charge is 2.08. The van der Waals surface area contributed by atoms with Gasteiger partial charge in [0, 0.05) is 11.4 Å². The summed E-state index contributed by atoms with van der Waals surface area (Å²) in [5.41, 5.74) is 0.624. The lowest BCUT2D eigenvalue weighted by molar-refractivity contribution is 0.577. The third kappa shape index (κ3) is 2.55. The van der Waals surface area contributed by atoms with Crippen LogP contribution >= 0.6 is 11.6 Å². The van der Waals surface area contributed by atoms with Gasteiger partial charge in [-0.1, -0.05) is 12.1 Å². The molecule has 0 aromatic heterocycles. The maximum Gasteiger partial charge on any atom is 0.133 e. The summed E-state index contributed by atoms with van der Waals surface area (Å²) in [5.74, 6) is -0.616. The van der Waals surface area contributed by atoms with Gasteiger partial charge in [-0.05, 0) is 31.1 Å². The molecule has 3 heteroatoms. The van der Waals surface area contributed by atoms with E-state index < -0.39 is 11.6 Å². The summed E-state index contributed by atoms with van der Waals surface area (Å²) in [6.07, 6.45) is 2.34. The molecule has 76 valence electrons. The number of rotatable bonds is 3. The first-order valence-electron chi connectivity index (χ1n) is 4.34. The molecular formula is C11H11ClF2. The van der Waals surface area contributed by atoms with Crippen molar-refractivity contribution in [1.82, 2.24) is 0 Å². The Kier molecular flexibility index (Phi) is 4.08. The molecule has 0 amide bonds. The van der Waals surface area contributed by atoms with Gasteiger partial charge in [-0.3, -0.25) is 0 Å². The Hall–Kier alpha value is -0.890. The minimum absolute atomic E-state index is 0.0395. The third-order valence-corrected chi connectivity index (χ3v) is 2.13. The van der Waals surface area contributed by atoms with Crippen molar-refractivity contribution >= 4 is 17.2 Å². The van der Waals surface area contributed by atoms with Crippen LogP contribution in [0.3, 0.4) is 0 Å². The standard InChI is InChI=1S/C11H11ClF2/c1-8(4-3-7-12)11-9(13)5-2-6-10(11)14/h2,4-6H,3,7H2,1H3. The molecule has 0 aliphatic heterocycles. The van der Waals surface area contributed by atoms with Gasteiger partial charge < -0.3 is 0 Å². The molecule has 0 aliphatic carbocycles. The molecule has 0 heterocycles. The minimum atomic E-state index is -0.534. The molecular weight excluding hydrogens is 206 g/mol. The minimum Gasteiger partial charge on any atom is -0.206 e. The number of benzene rings is 1. The number of allylic oxidation sites excluding steroid dienone is 2. The van der Waals surface area contributed by atoms with E-state index in [1.165, 1.54) is 18.2 Å². The van der Waals surface area contributed by atoms with Gasteiger partial charge in [0.15, 0.2) is 0 Å². The van der Waals surface area contributed by atoms with E-state index in [1.54, 1.807) is 13.0 Å². The molecule has 0 fully saturated rings. The van der Waals surface area contributed by atoms with Crippen LogP contribution in [0.5, 0.6) is 0 Å². The fourth-order valence-electron chi connectivity index (χ4n) is 1.25. The monoisotopic (exact) mass is 216 g/mol. The molecule has 0 nitrogen and oxygen atoms in total. The zero-order valence-electron chi connectivity index (χ0n) is 7.86. The normalized spacial score (nSPS) is 11.9. The summed E-state index contributed by atoms with van der Waals surface area (Å²) in [5, 5.41) is 0. The Morgan fingerprint density at radius 2 is 1.93 bits per heavy atom. The second-order valence-corrected chi connectivity index (χ2v) is 3.34. The van der Waals surface area contributed by atoms with Crippen LogP contribution in [0, 0.1) is 11.6 Å². The molecule has 0 spiro atoms. The summed E-state index contributed by atoms with van der Waals surface area (Å²) in [6, 6.07) is 3.84. The first-order chi connectivity index (χ1) is 6.66. The van der Waals surface area contributed by atoms with Crippen LogP contribution < -0.4 is 0 Å². The fourth-order valence-corrected chi connectivity index (χ4v) is 1.36. The summed E-state index contributed by atoms with van der Waals surface area (Å²) >= 11 is 5.48. The highest BCUT2D eigenvalue weighted by atomic mass is 35.5. The van der Waals surface area contributed by atoms with Crippen LogP contribution in [0.25, 0.3) is 5.57 Å². The lowest BCUT2D eigenvalue weighted by Crippen LogP contribution is -1.92. The van der Waals surface area contributed by atoms with Crippen molar-refractivity contribution in [3.8, 4) is 0 Å². The van der Waals surface area contributed by atoms with Crippen molar-refractivity contribution in [2.24, 2.45) is 0 Å². The van der Waals surface area contributed by atoms with Crippen molar-refractivity contribution in [2.75, 3.05) is 5.88 Å². The highest BCUT2D eigenvalue weighted by molar-refractivity contribution is 6.17. The van der Waals surface area contributed by atoms with Crippen LogP contribution in [0.15, 0.2) is 24.3 Å². The summed E-state index contributed by atoms with van der Waals surface area (Å²) < 4.78 is 26.4. The molecule has 0 aliphatic rings. The van der Waals surface area contributed by atoms with Crippen molar-refractivity contribution in [3.63, 3.8) is 0 Å². The van der Waals surface area contributed by atoms with Crippen LogP contribution in [0.2, 0.25) is 0 Å². The lowest BCUT2D eigenvalue weighted by atomic mass is 10.1. The quantitative estimate of drug-likeness (QED) is 0.670. The molecule has 0 saturated carbocycles. The Labute approximate surface area is 87.2 Å². The van der Waals surface area contributed by atoms with E-state index in [9.17, 15) is 8.78 Å². The van der Waals surface area contributed by atoms with Crippen molar-refractivity contribution in [3.05, 3.63) is 41.5 Å². The molecule has 1 rings (SSSR count). The molecule has 0 unspecified atom stereocenters. The molecule has 1 aromatic rings. The zero-order valence-corrected chi connectivity index (χ0v) is 8.61. The van der Waals surface area contributed by atoms with Gasteiger partial charge in [-0.25, -0.2) is 8.78 Å². The van der Waals surface area contributed by atoms with Gasteiger partial charge in [0.2, 0.25) is 0 Å². The summed E-state index contributed by atoms with van der Waals surface area (Å²) in [4.78, 5) is 0. The van der Waals surface area contributed by atoms with E-state index in [0.29, 0.717) is 17.9 Å². The number of hydrogen-bond acceptors (Lipinski definition) is 0. The van der Waals surface area contributed by atoms with Crippen LogP contribution in [0.4, 0.5) is 8.78 Å². The Morgan fingerprint density at radius 3 is 2.43 bits per heavy atom.